The van der Waals surface area contributed by atoms with E-state index in [2.05, 4.69) is 17.6 Å². The number of hydrogen-bond donors (Lipinski definition) is 2. The minimum atomic E-state index is -0.0607. The molecule has 1 aliphatic rings. The summed E-state index contributed by atoms with van der Waals surface area (Å²) in [5.41, 5.74) is 1.76. The molecule has 2 atom stereocenters. The SMILES string of the molecule is COc1ccc(NC(C)=O)cc1NC1CCCC(C)CC1. The van der Waals surface area contributed by atoms with Crippen LogP contribution in [0.2, 0.25) is 0 Å². The summed E-state index contributed by atoms with van der Waals surface area (Å²) in [5, 5.41) is 6.42. The maximum Gasteiger partial charge on any atom is 0.221 e. The van der Waals surface area contributed by atoms with Crippen molar-refractivity contribution in [2.24, 2.45) is 5.92 Å². The summed E-state index contributed by atoms with van der Waals surface area (Å²) >= 11 is 0. The van der Waals surface area contributed by atoms with E-state index in [9.17, 15) is 4.79 Å². The van der Waals surface area contributed by atoms with E-state index in [1.54, 1.807) is 7.11 Å². The topological polar surface area (TPSA) is 50.4 Å². The first kappa shape index (κ1) is 15.7. The van der Waals surface area contributed by atoms with Crippen LogP contribution < -0.4 is 15.4 Å². The molecular formula is C17H26N2O2. The van der Waals surface area contributed by atoms with Crippen LogP contribution in [0.5, 0.6) is 5.75 Å². The number of methoxy groups -OCH3 is 1. The van der Waals surface area contributed by atoms with Gasteiger partial charge in [0.25, 0.3) is 0 Å². The lowest BCUT2D eigenvalue weighted by Crippen LogP contribution is -2.19. The van der Waals surface area contributed by atoms with Crippen LogP contribution in [0.15, 0.2) is 18.2 Å². The summed E-state index contributed by atoms with van der Waals surface area (Å²) in [4.78, 5) is 11.2. The minimum absolute atomic E-state index is 0.0607. The molecule has 0 aromatic heterocycles. The molecule has 0 bridgehead atoms. The zero-order chi connectivity index (χ0) is 15.2. The predicted molar refractivity (Wildman–Crippen MR) is 87.0 cm³/mol. The Kier molecular flexibility index (Phi) is 5.48. The van der Waals surface area contributed by atoms with Crippen molar-refractivity contribution < 1.29 is 9.53 Å². The van der Waals surface area contributed by atoms with E-state index in [0.29, 0.717) is 6.04 Å². The third-order valence-corrected chi connectivity index (χ3v) is 4.14. The molecule has 1 fully saturated rings. The normalized spacial score (nSPS) is 22.2. The molecule has 0 radical (unpaired) electrons. The average Bonchev–Trinajstić information content (AvgIpc) is 2.63. The third-order valence-electron chi connectivity index (χ3n) is 4.14. The highest BCUT2D eigenvalue weighted by Crippen LogP contribution is 2.31. The fourth-order valence-electron chi connectivity index (χ4n) is 2.95. The quantitative estimate of drug-likeness (QED) is 0.823. The summed E-state index contributed by atoms with van der Waals surface area (Å²) in [6, 6.07) is 6.19. The molecular weight excluding hydrogens is 264 g/mol. The van der Waals surface area contributed by atoms with Gasteiger partial charge in [0.1, 0.15) is 5.75 Å². The molecule has 0 aliphatic heterocycles. The van der Waals surface area contributed by atoms with Gasteiger partial charge >= 0.3 is 0 Å². The van der Waals surface area contributed by atoms with Gasteiger partial charge in [-0.3, -0.25) is 4.79 Å². The van der Waals surface area contributed by atoms with Crippen molar-refractivity contribution in [2.45, 2.75) is 52.0 Å². The number of carbonyl (C=O) groups is 1. The Hall–Kier alpha value is -1.71. The Bertz CT molecular complexity index is 488. The summed E-state index contributed by atoms with van der Waals surface area (Å²) in [6.45, 7) is 3.85. The zero-order valence-electron chi connectivity index (χ0n) is 13.2. The fraction of sp³-hybridized carbons (Fsp3) is 0.588. The Balaban J connectivity index is 2.10. The maximum absolute atomic E-state index is 11.2. The van der Waals surface area contributed by atoms with Gasteiger partial charge in [0.15, 0.2) is 0 Å². The number of nitrogens with one attached hydrogen (secondary N) is 2. The van der Waals surface area contributed by atoms with Crippen molar-refractivity contribution in [2.75, 3.05) is 17.7 Å². The first-order valence-corrected chi connectivity index (χ1v) is 7.80. The smallest absolute Gasteiger partial charge is 0.221 e. The molecule has 4 nitrogen and oxygen atoms in total. The minimum Gasteiger partial charge on any atom is -0.495 e. The molecule has 1 aromatic rings. The molecule has 1 aliphatic carbocycles. The van der Waals surface area contributed by atoms with Crippen molar-refractivity contribution in [3.8, 4) is 5.75 Å². The van der Waals surface area contributed by atoms with E-state index < -0.39 is 0 Å². The van der Waals surface area contributed by atoms with E-state index in [4.69, 9.17) is 4.74 Å². The summed E-state index contributed by atoms with van der Waals surface area (Å²) in [5.74, 6) is 1.58. The van der Waals surface area contributed by atoms with Gasteiger partial charge in [-0.2, -0.15) is 0 Å². The van der Waals surface area contributed by atoms with Gasteiger partial charge in [0, 0.05) is 18.7 Å². The van der Waals surface area contributed by atoms with Gasteiger partial charge in [-0.1, -0.05) is 19.8 Å². The summed E-state index contributed by atoms with van der Waals surface area (Å²) < 4.78 is 5.42. The highest BCUT2D eigenvalue weighted by molar-refractivity contribution is 5.89. The van der Waals surface area contributed by atoms with Crippen LogP contribution in [0.3, 0.4) is 0 Å². The molecule has 2 N–H and O–H groups in total. The Morgan fingerprint density at radius 2 is 2.05 bits per heavy atom. The van der Waals surface area contributed by atoms with Gasteiger partial charge in [-0.25, -0.2) is 0 Å². The molecule has 2 unspecified atom stereocenters. The number of anilines is 2. The van der Waals surface area contributed by atoms with Crippen LogP contribution in [0.4, 0.5) is 11.4 Å². The van der Waals surface area contributed by atoms with E-state index >= 15 is 0 Å². The first-order valence-electron chi connectivity index (χ1n) is 7.80. The van der Waals surface area contributed by atoms with Gasteiger partial charge in [0.2, 0.25) is 5.91 Å². The zero-order valence-corrected chi connectivity index (χ0v) is 13.2. The molecule has 1 amide bonds. The van der Waals surface area contributed by atoms with Crippen LogP contribution in [0.25, 0.3) is 0 Å². The van der Waals surface area contributed by atoms with E-state index in [-0.39, 0.29) is 5.91 Å². The van der Waals surface area contributed by atoms with Gasteiger partial charge in [0.05, 0.1) is 12.8 Å². The molecule has 0 saturated heterocycles. The van der Waals surface area contributed by atoms with E-state index in [1.807, 2.05) is 18.2 Å². The lowest BCUT2D eigenvalue weighted by molar-refractivity contribution is -0.114. The second kappa shape index (κ2) is 7.34. The molecule has 0 spiro atoms. The second-order valence-corrected chi connectivity index (χ2v) is 6.05. The molecule has 2 rings (SSSR count). The molecule has 21 heavy (non-hydrogen) atoms. The van der Waals surface area contributed by atoms with Crippen molar-refractivity contribution in [3.63, 3.8) is 0 Å². The first-order chi connectivity index (χ1) is 10.1. The molecule has 4 heteroatoms. The largest absolute Gasteiger partial charge is 0.495 e. The highest BCUT2D eigenvalue weighted by atomic mass is 16.5. The van der Waals surface area contributed by atoms with Gasteiger partial charge in [-0.05, 0) is 43.4 Å². The van der Waals surface area contributed by atoms with Crippen molar-refractivity contribution in [3.05, 3.63) is 18.2 Å². The maximum atomic E-state index is 11.2. The average molecular weight is 290 g/mol. The number of amides is 1. The number of benzene rings is 1. The number of hydrogen-bond acceptors (Lipinski definition) is 3. The van der Waals surface area contributed by atoms with E-state index in [1.165, 1.54) is 39.0 Å². The van der Waals surface area contributed by atoms with Gasteiger partial charge in [-0.15, -0.1) is 0 Å². The van der Waals surface area contributed by atoms with Crippen LogP contribution in [-0.2, 0) is 4.79 Å². The van der Waals surface area contributed by atoms with Crippen molar-refractivity contribution in [1.29, 1.82) is 0 Å². The number of carbonyl (C=O) groups excluding carboxylic acids is 1. The summed E-state index contributed by atoms with van der Waals surface area (Å²) in [7, 11) is 1.67. The molecule has 1 aromatic carbocycles. The number of rotatable bonds is 4. The molecule has 0 heterocycles. The Labute approximate surface area is 127 Å². The lowest BCUT2D eigenvalue weighted by atomic mass is 10.0. The number of ether oxygens (including phenoxy) is 1. The Morgan fingerprint density at radius 1 is 1.24 bits per heavy atom. The van der Waals surface area contributed by atoms with Gasteiger partial charge < -0.3 is 15.4 Å². The predicted octanol–water partition coefficient (Wildman–Crippen LogP) is 4.03. The van der Waals surface area contributed by atoms with Crippen LogP contribution >= 0.6 is 0 Å². The Morgan fingerprint density at radius 3 is 2.76 bits per heavy atom. The van der Waals surface area contributed by atoms with Crippen molar-refractivity contribution >= 4 is 17.3 Å². The molecule has 116 valence electrons. The fourth-order valence-corrected chi connectivity index (χ4v) is 2.95. The van der Waals surface area contributed by atoms with Crippen LogP contribution in [-0.4, -0.2) is 19.1 Å². The highest BCUT2D eigenvalue weighted by Gasteiger charge is 2.17. The molecule has 1 saturated carbocycles. The van der Waals surface area contributed by atoms with Crippen LogP contribution in [0.1, 0.15) is 46.0 Å². The standard InChI is InChI=1S/C17H26N2O2/c1-12-5-4-6-14(8-7-12)19-16-11-15(18-13(2)20)9-10-17(16)21-3/h9-12,14,19H,4-8H2,1-3H3,(H,18,20). The van der Waals surface area contributed by atoms with E-state index in [0.717, 1.165) is 23.0 Å². The van der Waals surface area contributed by atoms with Crippen molar-refractivity contribution in [1.82, 2.24) is 0 Å². The summed E-state index contributed by atoms with van der Waals surface area (Å²) in [6.07, 6.45) is 6.24. The van der Waals surface area contributed by atoms with Crippen LogP contribution in [0, 0.1) is 5.92 Å². The second-order valence-electron chi connectivity index (χ2n) is 6.05. The monoisotopic (exact) mass is 290 g/mol. The lowest BCUT2D eigenvalue weighted by Gasteiger charge is -2.20. The third kappa shape index (κ3) is 4.66.